The predicted octanol–water partition coefficient (Wildman–Crippen LogP) is 5.67. The Hall–Kier alpha value is -3.09. The van der Waals surface area contributed by atoms with Crippen LogP contribution in [0.15, 0.2) is 60.7 Å². The lowest BCUT2D eigenvalue weighted by Gasteiger charge is -2.14. The molecule has 0 spiro atoms. The van der Waals surface area contributed by atoms with Gasteiger partial charge in [0.2, 0.25) is 0 Å². The molecule has 7 heteroatoms. The van der Waals surface area contributed by atoms with Gasteiger partial charge in [-0.3, -0.25) is 0 Å². The fourth-order valence-corrected chi connectivity index (χ4v) is 3.70. The lowest BCUT2D eigenvalue weighted by Crippen LogP contribution is -2.16. The van der Waals surface area contributed by atoms with Crippen molar-refractivity contribution in [2.24, 2.45) is 0 Å². The molecule has 0 aliphatic heterocycles. The van der Waals surface area contributed by atoms with E-state index in [0.717, 1.165) is 41.8 Å². The molecule has 1 heterocycles. The third-order valence-corrected chi connectivity index (χ3v) is 5.55. The fourth-order valence-electron chi connectivity index (χ4n) is 3.48. The van der Waals surface area contributed by atoms with Crippen molar-refractivity contribution < 1.29 is 13.9 Å². The summed E-state index contributed by atoms with van der Waals surface area (Å²) >= 11 is 6.46. The summed E-state index contributed by atoms with van der Waals surface area (Å²) in [5.74, 6) is 1.73. The highest BCUT2D eigenvalue weighted by Crippen LogP contribution is 2.34. The minimum atomic E-state index is -0.305. The molecule has 1 aromatic heterocycles. The Kier molecular flexibility index (Phi) is 7.24. The molecule has 2 N–H and O–H groups in total. The number of aromatic nitrogens is 2. The van der Waals surface area contributed by atoms with Gasteiger partial charge in [0, 0.05) is 29.6 Å². The third kappa shape index (κ3) is 5.39. The second kappa shape index (κ2) is 10.5. The van der Waals surface area contributed by atoms with Gasteiger partial charge in [-0.1, -0.05) is 41.9 Å². The first-order valence-electron chi connectivity index (χ1n) is 10.5. The highest BCUT2D eigenvalue weighted by atomic mass is 35.5. The molecule has 4 rings (SSSR count). The largest absolute Gasteiger partial charge is 0.493 e. The van der Waals surface area contributed by atoms with Gasteiger partial charge in [-0.25, -0.2) is 9.37 Å². The molecule has 0 atom stereocenters. The number of imidazole rings is 1. The van der Waals surface area contributed by atoms with E-state index >= 15 is 0 Å². The van der Waals surface area contributed by atoms with Crippen LogP contribution >= 0.6 is 11.6 Å². The Bertz CT molecular complexity index is 1160. The number of hydrogen-bond acceptors (Lipinski definition) is 4. The molecule has 0 aliphatic carbocycles. The molecular weight excluding hydrogens is 429 g/mol. The molecule has 0 bridgehead atoms. The average Bonchev–Trinajstić information content (AvgIpc) is 3.22. The number of ether oxygens (including phenoxy) is 2. The summed E-state index contributed by atoms with van der Waals surface area (Å²) in [6.07, 6.45) is 1.81. The second-order valence-electron chi connectivity index (χ2n) is 7.46. The number of nitrogens with one attached hydrogen (secondary N) is 2. The zero-order valence-corrected chi connectivity index (χ0v) is 18.6. The van der Waals surface area contributed by atoms with Gasteiger partial charge in [-0.05, 0) is 42.8 Å². The van der Waals surface area contributed by atoms with Crippen LogP contribution in [0, 0.1) is 5.82 Å². The summed E-state index contributed by atoms with van der Waals surface area (Å²) in [5, 5.41) is 3.98. The molecule has 0 radical (unpaired) electrons. The number of para-hydroxylation sites is 2. The number of halogens is 2. The van der Waals surface area contributed by atoms with Crippen molar-refractivity contribution in [1.82, 2.24) is 15.3 Å². The average molecular weight is 454 g/mol. The molecule has 4 aromatic rings. The Morgan fingerprint density at radius 3 is 2.66 bits per heavy atom. The van der Waals surface area contributed by atoms with Crippen molar-refractivity contribution in [3.63, 3.8) is 0 Å². The minimum Gasteiger partial charge on any atom is -0.493 e. The molecule has 0 amide bonds. The van der Waals surface area contributed by atoms with Crippen molar-refractivity contribution in [3.8, 4) is 11.5 Å². The molecular formula is C25H25ClFN3O2. The number of aromatic amines is 1. The first kappa shape index (κ1) is 22.1. The van der Waals surface area contributed by atoms with Crippen LogP contribution in [0.2, 0.25) is 5.02 Å². The van der Waals surface area contributed by atoms with E-state index in [1.165, 1.54) is 6.07 Å². The second-order valence-corrected chi connectivity index (χ2v) is 7.86. The Morgan fingerprint density at radius 1 is 1.03 bits per heavy atom. The number of aryl methyl sites for hydroxylation is 1. The van der Waals surface area contributed by atoms with Gasteiger partial charge in [0.25, 0.3) is 0 Å². The quantitative estimate of drug-likeness (QED) is 0.304. The zero-order valence-electron chi connectivity index (χ0n) is 17.8. The molecule has 0 saturated carbocycles. The van der Waals surface area contributed by atoms with E-state index in [4.69, 9.17) is 21.1 Å². The summed E-state index contributed by atoms with van der Waals surface area (Å²) < 4.78 is 25.1. The number of methoxy groups -OCH3 is 1. The number of H-pyrrole nitrogens is 1. The van der Waals surface area contributed by atoms with E-state index in [9.17, 15) is 4.39 Å². The molecule has 0 unspecified atom stereocenters. The highest BCUT2D eigenvalue weighted by molar-refractivity contribution is 6.31. The highest BCUT2D eigenvalue weighted by Gasteiger charge is 2.12. The smallest absolute Gasteiger partial charge is 0.163 e. The van der Waals surface area contributed by atoms with Crippen molar-refractivity contribution in [2.75, 3.05) is 13.7 Å². The van der Waals surface area contributed by atoms with Crippen molar-refractivity contribution in [3.05, 3.63) is 88.5 Å². The SMILES string of the molecule is COc1cc(CNCCCc2nc3ccccc3[nH]2)c(Cl)cc1OCc1ccccc1F. The fraction of sp³-hybridized carbons (Fsp3) is 0.240. The van der Waals surface area contributed by atoms with Crippen LogP contribution in [0.5, 0.6) is 11.5 Å². The minimum absolute atomic E-state index is 0.0960. The van der Waals surface area contributed by atoms with E-state index in [1.54, 1.807) is 31.4 Å². The lowest BCUT2D eigenvalue weighted by atomic mass is 10.2. The number of hydrogen-bond donors (Lipinski definition) is 2. The van der Waals surface area contributed by atoms with E-state index in [1.807, 2.05) is 30.3 Å². The van der Waals surface area contributed by atoms with Crippen LogP contribution in [-0.2, 0) is 19.6 Å². The first-order chi connectivity index (χ1) is 15.6. The maximum absolute atomic E-state index is 13.8. The summed E-state index contributed by atoms with van der Waals surface area (Å²) in [6.45, 7) is 1.52. The number of nitrogens with zero attached hydrogens (tertiary/aromatic N) is 1. The van der Waals surface area contributed by atoms with Crippen molar-refractivity contribution >= 4 is 22.6 Å². The van der Waals surface area contributed by atoms with Gasteiger partial charge >= 0.3 is 0 Å². The van der Waals surface area contributed by atoms with Crippen LogP contribution < -0.4 is 14.8 Å². The van der Waals surface area contributed by atoms with E-state index in [-0.39, 0.29) is 12.4 Å². The normalized spacial score (nSPS) is 11.1. The number of rotatable bonds is 10. The van der Waals surface area contributed by atoms with Crippen LogP contribution in [0.1, 0.15) is 23.4 Å². The molecule has 32 heavy (non-hydrogen) atoms. The predicted molar refractivity (Wildman–Crippen MR) is 125 cm³/mol. The summed E-state index contributed by atoms with van der Waals surface area (Å²) in [7, 11) is 1.57. The van der Waals surface area contributed by atoms with Gasteiger partial charge in [-0.2, -0.15) is 0 Å². The van der Waals surface area contributed by atoms with Gasteiger partial charge in [-0.15, -0.1) is 0 Å². The molecule has 3 aromatic carbocycles. The van der Waals surface area contributed by atoms with Crippen LogP contribution in [-0.4, -0.2) is 23.6 Å². The van der Waals surface area contributed by atoms with Gasteiger partial charge in [0.05, 0.1) is 18.1 Å². The zero-order chi connectivity index (χ0) is 22.3. The number of fused-ring (bicyclic) bond motifs is 1. The lowest BCUT2D eigenvalue weighted by molar-refractivity contribution is 0.279. The first-order valence-corrected chi connectivity index (χ1v) is 10.9. The summed E-state index contributed by atoms with van der Waals surface area (Å²) in [4.78, 5) is 7.95. The van der Waals surface area contributed by atoms with Crippen molar-refractivity contribution in [1.29, 1.82) is 0 Å². The van der Waals surface area contributed by atoms with Gasteiger partial charge in [0.15, 0.2) is 11.5 Å². The maximum atomic E-state index is 13.8. The maximum Gasteiger partial charge on any atom is 0.163 e. The van der Waals surface area contributed by atoms with Crippen LogP contribution in [0.4, 0.5) is 4.39 Å². The molecule has 0 saturated heterocycles. The summed E-state index contributed by atoms with van der Waals surface area (Å²) in [6, 6.07) is 18.1. The Balaban J connectivity index is 1.30. The molecule has 0 fully saturated rings. The van der Waals surface area contributed by atoms with Gasteiger partial charge in [0.1, 0.15) is 18.2 Å². The molecule has 0 aliphatic rings. The van der Waals surface area contributed by atoms with Crippen LogP contribution in [0.25, 0.3) is 11.0 Å². The topological polar surface area (TPSA) is 59.2 Å². The van der Waals surface area contributed by atoms with E-state index in [2.05, 4.69) is 15.3 Å². The Labute approximate surface area is 191 Å². The Morgan fingerprint density at radius 2 is 1.84 bits per heavy atom. The standard InChI is InChI=1S/C25H25ClFN3O2/c1-31-23-13-18(19(26)14-24(23)32-16-17-7-2-3-8-20(17)27)15-28-12-6-11-25-29-21-9-4-5-10-22(21)30-25/h2-5,7-10,13-14,28H,6,11-12,15-16H2,1H3,(H,29,30). The van der Waals surface area contributed by atoms with E-state index in [0.29, 0.717) is 28.6 Å². The summed E-state index contributed by atoms with van der Waals surface area (Å²) in [5.41, 5.74) is 3.43. The van der Waals surface area contributed by atoms with Gasteiger partial charge < -0.3 is 19.8 Å². The third-order valence-electron chi connectivity index (χ3n) is 5.19. The molecule has 5 nitrogen and oxygen atoms in total. The monoisotopic (exact) mass is 453 g/mol. The van der Waals surface area contributed by atoms with Crippen molar-refractivity contribution in [2.45, 2.75) is 26.0 Å². The number of benzene rings is 3. The molecule has 166 valence electrons. The van der Waals surface area contributed by atoms with E-state index < -0.39 is 0 Å². The van der Waals surface area contributed by atoms with Crippen LogP contribution in [0.3, 0.4) is 0 Å².